The lowest BCUT2D eigenvalue weighted by Crippen LogP contribution is -2.56. The van der Waals surface area contributed by atoms with Crippen molar-refractivity contribution in [1.29, 1.82) is 0 Å². The van der Waals surface area contributed by atoms with Gasteiger partial charge in [-0.2, -0.15) is 0 Å². The van der Waals surface area contributed by atoms with Gasteiger partial charge in [0.05, 0.1) is 12.6 Å². The molecule has 1 aromatic carbocycles. The molecule has 0 saturated carbocycles. The highest BCUT2D eigenvalue weighted by Crippen LogP contribution is 2.24. The molecule has 0 aromatic heterocycles. The van der Waals surface area contributed by atoms with Crippen LogP contribution in [0.2, 0.25) is 0 Å². The Balaban J connectivity index is 1.50. The van der Waals surface area contributed by atoms with E-state index in [-0.39, 0.29) is 18.0 Å². The molecule has 0 bridgehead atoms. The van der Waals surface area contributed by atoms with E-state index in [0.29, 0.717) is 19.6 Å². The van der Waals surface area contributed by atoms with Crippen molar-refractivity contribution in [1.82, 2.24) is 20.7 Å². The van der Waals surface area contributed by atoms with E-state index in [0.717, 1.165) is 37.6 Å². The number of nitrogens with zero attached hydrogens (tertiary/aromatic N) is 3. The van der Waals surface area contributed by atoms with Gasteiger partial charge in [-0.25, -0.2) is 9.80 Å². The van der Waals surface area contributed by atoms with Gasteiger partial charge in [0.15, 0.2) is 0 Å². The lowest BCUT2D eigenvalue weighted by atomic mass is 10.2. The summed E-state index contributed by atoms with van der Waals surface area (Å²) in [5.41, 5.74) is 3.69. The summed E-state index contributed by atoms with van der Waals surface area (Å²) in [5.74, 6) is 0.795. The summed E-state index contributed by atoms with van der Waals surface area (Å²) in [4.78, 5) is 28.4. The molecule has 0 aliphatic carbocycles. The molecule has 3 amide bonds. The Hall–Kier alpha value is -2.32. The zero-order chi connectivity index (χ0) is 18.5. The van der Waals surface area contributed by atoms with Crippen molar-refractivity contribution in [3.05, 3.63) is 24.3 Å². The van der Waals surface area contributed by atoms with E-state index >= 15 is 0 Å². The number of nitrogens with one attached hydrogen (secondary N) is 2. The van der Waals surface area contributed by atoms with Gasteiger partial charge in [-0.3, -0.25) is 10.2 Å². The van der Waals surface area contributed by atoms with Crippen LogP contribution in [0.1, 0.15) is 13.3 Å². The number of amides is 3. The number of carbonyl (C=O) groups excluding carboxylic acids is 2. The SMILES string of the molecule is CCOc1ccc(N2C[C@H](NC(=O)NN3CCN(C)CC3)CC2=O)cc1. The number of hydrazine groups is 1. The number of hydrogen-bond donors (Lipinski definition) is 2. The Morgan fingerprint density at radius 3 is 2.54 bits per heavy atom. The maximum atomic E-state index is 12.3. The van der Waals surface area contributed by atoms with Crippen LogP contribution in [-0.4, -0.2) is 74.3 Å². The topological polar surface area (TPSA) is 77.2 Å². The lowest BCUT2D eigenvalue weighted by molar-refractivity contribution is -0.117. The van der Waals surface area contributed by atoms with E-state index < -0.39 is 0 Å². The zero-order valence-electron chi connectivity index (χ0n) is 15.4. The second-order valence-corrected chi connectivity index (χ2v) is 6.71. The summed E-state index contributed by atoms with van der Waals surface area (Å²) >= 11 is 0. The normalized spacial score (nSPS) is 21.7. The van der Waals surface area contributed by atoms with Crippen LogP contribution < -0.4 is 20.4 Å². The van der Waals surface area contributed by atoms with E-state index in [1.807, 2.05) is 36.2 Å². The average Bonchev–Trinajstić information content (AvgIpc) is 2.98. The van der Waals surface area contributed by atoms with Gasteiger partial charge in [0.1, 0.15) is 5.75 Å². The number of urea groups is 1. The van der Waals surface area contributed by atoms with E-state index in [1.54, 1.807) is 4.90 Å². The molecule has 2 fully saturated rings. The molecule has 142 valence electrons. The van der Waals surface area contributed by atoms with Crippen LogP contribution in [0, 0.1) is 0 Å². The van der Waals surface area contributed by atoms with Crippen molar-refractivity contribution in [2.24, 2.45) is 0 Å². The van der Waals surface area contributed by atoms with Crippen molar-refractivity contribution >= 4 is 17.6 Å². The number of rotatable bonds is 5. The number of anilines is 1. The number of likely N-dealkylation sites (N-methyl/N-ethyl adjacent to an activating group) is 1. The number of hydrogen-bond acceptors (Lipinski definition) is 5. The highest BCUT2D eigenvalue weighted by molar-refractivity contribution is 5.96. The highest BCUT2D eigenvalue weighted by atomic mass is 16.5. The Morgan fingerprint density at radius 2 is 1.88 bits per heavy atom. The molecular weight excluding hydrogens is 334 g/mol. The number of carbonyl (C=O) groups is 2. The van der Waals surface area contributed by atoms with Crippen molar-refractivity contribution in [2.45, 2.75) is 19.4 Å². The Bertz CT molecular complexity index is 628. The van der Waals surface area contributed by atoms with Gasteiger partial charge in [-0.1, -0.05) is 0 Å². The smallest absolute Gasteiger partial charge is 0.329 e. The van der Waals surface area contributed by atoms with Crippen LogP contribution in [-0.2, 0) is 4.79 Å². The van der Waals surface area contributed by atoms with Gasteiger partial charge in [-0.15, -0.1) is 0 Å². The van der Waals surface area contributed by atoms with Crippen LogP contribution >= 0.6 is 0 Å². The van der Waals surface area contributed by atoms with E-state index in [4.69, 9.17) is 4.74 Å². The quantitative estimate of drug-likeness (QED) is 0.805. The van der Waals surface area contributed by atoms with Gasteiger partial charge in [0, 0.05) is 44.8 Å². The van der Waals surface area contributed by atoms with Crippen molar-refractivity contribution in [2.75, 3.05) is 51.3 Å². The molecule has 0 radical (unpaired) electrons. The summed E-state index contributed by atoms with van der Waals surface area (Å²) in [7, 11) is 2.07. The molecule has 1 aromatic rings. The number of ether oxygens (including phenoxy) is 1. The minimum absolute atomic E-state index is 0.0130. The summed E-state index contributed by atoms with van der Waals surface area (Å²) in [6.07, 6.45) is 0.309. The first-order chi connectivity index (χ1) is 12.5. The number of benzene rings is 1. The fraction of sp³-hybridized carbons (Fsp3) is 0.556. The first kappa shape index (κ1) is 18.5. The molecular formula is C18H27N5O3. The Kier molecular flexibility index (Phi) is 5.95. The van der Waals surface area contributed by atoms with E-state index in [9.17, 15) is 9.59 Å². The second-order valence-electron chi connectivity index (χ2n) is 6.71. The highest BCUT2D eigenvalue weighted by Gasteiger charge is 2.32. The maximum absolute atomic E-state index is 12.3. The summed E-state index contributed by atoms with van der Waals surface area (Å²) in [6, 6.07) is 7.01. The van der Waals surface area contributed by atoms with Crippen LogP contribution in [0.15, 0.2) is 24.3 Å². The second kappa shape index (κ2) is 8.37. The summed E-state index contributed by atoms with van der Waals surface area (Å²) in [6.45, 7) is 6.46. The van der Waals surface area contributed by atoms with Gasteiger partial charge < -0.3 is 19.9 Å². The molecule has 26 heavy (non-hydrogen) atoms. The largest absolute Gasteiger partial charge is 0.494 e. The fourth-order valence-electron chi connectivity index (χ4n) is 3.22. The molecule has 8 heteroatoms. The van der Waals surface area contributed by atoms with Gasteiger partial charge >= 0.3 is 6.03 Å². The standard InChI is InChI=1S/C18H27N5O3/c1-3-26-16-6-4-15(5-7-16)23-13-14(12-17(23)24)19-18(25)20-22-10-8-21(2)9-11-22/h4-7,14H,3,8-13H2,1-2H3,(H2,19,20,25)/t14-/m1/s1. The van der Waals surface area contributed by atoms with Gasteiger partial charge in [0.25, 0.3) is 0 Å². The molecule has 1 atom stereocenters. The van der Waals surface area contributed by atoms with Gasteiger partial charge in [-0.05, 0) is 38.2 Å². The van der Waals surface area contributed by atoms with Crippen molar-refractivity contribution < 1.29 is 14.3 Å². The minimum atomic E-state index is -0.249. The molecule has 2 aliphatic heterocycles. The predicted octanol–water partition coefficient (Wildman–Crippen LogP) is 0.652. The van der Waals surface area contributed by atoms with Crippen LogP contribution in [0.5, 0.6) is 5.75 Å². The summed E-state index contributed by atoms with van der Waals surface area (Å²) in [5, 5.41) is 4.82. The van der Waals surface area contributed by atoms with Crippen LogP contribution in [0.3, 0.4) is 0 Å². The molecule has 3 rings (SSSR count). The molecule has 2 aliphatic rings. The third-order valence-corrected chi connectivity index (χ3v) is 4.68. The van der Waals surface area contributed by atoms with Crippen molar-refractivity contribution in [3.63, 3.8) is 0 Å². The molecule has 0 unspecified atom stereocenters. The third-order valence-electron chi connectivity index (χ3n) is 4.68. The summed E-state index contributed by atoms with van der Waals surface area (Å²) < 4.78 is 5.43. The zero-order valence-corrected chi connectivity index (χ0v) is 15.4. The molecule has 0 spiro atoms. The van der Waals surface area contributed by atoms with Crippen LogP contribution in [0.25, 0.3) is 0 Å². The average molecular weight is 361 g/mol. The molecule has 8 nitrogen and oxygen atoms in total. The minimum Gasteiger partial charge on any atom is -0.494 e. The lowest BCUT2D eigenvalue weighted by Gasteiger charge is -2.32. The van der Waals surface area contributed by atoms with E-state index in [1.165, 1.54) is 0 Å². The fourth-order valence-corrected chi connectivity index (χ4v) is 3.22. The first-order valence-corrected chi connectivity index (χ1v) is 9.09. The molecule has 2 N–H and O–H groups in total. The maximum Gasteiger partial charge on any atom is 0.329 e. The Morgan fingerprint density at radius 1 is 1.19 bits per heavy atom. The molecule has 2 saturated heterocycles. The van der Waals surface area contributed by atoms with Gasteiger partial charge in [0.2, 0.25) is 5.91 Å². The van der Waals surface area contributed by atoms with Crippen molar-refractivity contribution in [3.8, 4) is 5.75 Å². The number of piperazine rings is 1. The van der Waals surface area contributed by atoms with E-state index in [2.05, 4.69) is 22.7 Å². The van der Waals surface area contributed by atoms with Crippen LogP contribution in [0.4, 0.5) is 10.5 Å². The third kappa shape index (κ3) is 4.64. The monoisotopic (exact) mass is 361 g/mol. The predicted molar refractivity (Wildman–Crippen MR) is 99.1 cm³/mol. The Labute approximate surface area is 154 Å². The first-order valence-electron chi connectivity index (χ1n) is 9.09. The molecule has 2 heterocycles.